The monoisotopic (exact) mass is 615 g/mol. The van der Waals surface area contributed by atoms with Crippen molar-refractivity contribution < 1.29 is 0 Å². The molecule has 9 nitrogen and oxygen atoms in total. The molecule has 2 heterocycles. The van der Waals surface area contributed by atoms with E-state index in [2.05, 4.69) is 42.0 Å². The molecule has 5 N–H and O–H groups in total. The van der Waals surface area contributed by atoms with Crippen molar-refractivity contribution >= 4 is 63.9 Å². The summed E-state index contributed by atoms with van der Waals surface area (Å²) in [4.78, 5) is 18.1. The van der Waals surface area contributed by atoms with E-state index in [9.17, 15) is 5.26 Å². The SMILES string of the molecule is N#Cc1c(-c2ccccc2)cc(-c2ccc(Nc3nc(Nc4ccc(Cl)cc4)nc(Nc4ccc(Cl)cc4)n3)cc2)nc1N. The normalized spacial score (nSPS) is 10.6. The van der Waals surface area contributed by atoms with Crippen molar-refractivity contribution in [2.75, 3.05) is 21.7 Å². The summed E-state index contributed by atoms with van der Waals surface area (Å²) in [7, 11) is 0. The van der Waals surface area contributed by atoms with Gasteiger partial charge >= 0.3 is 0 Å². The molecular weight excluding hydrogens is 593 g/mol. The molecule has 0 aliphatic heterocycles. The zero-order valence-corrected chi connectivity index (χ0v) is 24.5. The summed E-state index contributed by atoms with van der Waals surface area (Å²) in [5.41, 5.74) is 11.9. The Kier molecular flexibility index (Phi) is 8.19. The minimum Gasteiger partial charge on any atom is -0.383 e. The maximum Gasteiger partial charge on any atom is 0.233 e. The lowest BCUT2D eigenvalue weighted by molar-refractivity contribution is 1.06. The molecule has 2 aromatic heterocycles. The van der Waals surface area contributed by atoms with E-state index >= 15 is 0 Å². The fraction of sp³-hybridized carbons (Fsp3) is 0. The summed E-state index contributed by atoms with van der Waals surface area (Å²) in [5, 5.41) is 20.6. The third-order valence-electron chi connectivity index (χ3n) is 6.52. The molecule has 0 atom stereocenters. The summed E-state index contributed by atoms with van der Waals surface area (Å²) >= 11 is 12.1. The second kappa shape index (κ2) is 12.7. The average molecular weight is 617 g/mol. The van der Waals surface area contributed by atoms with Crippen LogP contribution in [0.15, 0.2) is 109 Å². The van der Waals surface area contributed by atoms with Crippen LogP contribution in [0.4, 0.5) is 40.7 Å². The average Bonchev–Trinajstić information content (AvgIpc) is 3.03. The topological polar surface area (TPSA) is 137 Å². The van der Waals surface area contributed by atoms with Crippen LogP contribution in [-0.2, 0) is 0 Å². The highest BCUT2D eigenvalue weighted by atomic mass is 35.5. The lowest BCUT2D eigenvalue weighted by Crippen LogP contribution is -2.07. The molecule has 214 valence electrons. The first kappa shape index (κ1) is 28.4. The van der Waals surface area contributed by atoms with Crippen molar-refractivity contribution in [1.82, 2.24) is 19.9 Å². The number of hydrogen-bond acceptors (Lipinski definition) is 9. The van der Waals surface area contributed by atoms with Gasteiger partial charge < -0.3 is 21.7 Å². The molecule has 0 spiro atoms. The third-order valence-corrected chi connectivity index (χ3v) is 7.02. The molecule has 11 heteroatoms. The number of halogens is 2. The van der Waals surface area contributed by atoms with Crippen LogP contribution in [0.3, 0.4) is 0 Å². The maximum absolute atomic E-state index is 9.71. The molecule has 0 fully saturated rings. The molecule has 0 amide bonds. The number of pyridine rings is 1. The predicted molar refractivity (Wildman–Crippen MR) is 177 cm³/mol. The summed E-state index contributed by atoms with van der Waals surface area (Å²) in [5.74, 6) is 1.14. The number of nitrogens with one attached hydrogen (secondary N) is 3. The second-order valence-electron chi connectivity index (χ2n) is 9.57. The van der Waals surface area contributed by atoms with E-state index in [1.807, 2.05) is 84.9 Å². The predicted octanol–water partition coefficient (Wildman–Crippen LogP) is 8.59. The fourth-order valence-corrected chi connectivity index (χ4v) is 4.65. The zero-order chi connectivity index (χ0) is 30.5. The summed E-state index contributed by atoms with van der Waals surface area (Å²) in [6.07, 6.45) is 0. The number of rotatable bonds is 8. The van der Waals surface area contributed by atoms with Gasteiger partial charge in [0, 0.05) is 38.2 Å². The van der Waals surface area contributed by atoms with Crippen molar-refractivity contribution in [2.45, 2.75) is 0 Å². The third kappa shape index (κ3) is 6.68. The van der Waals surface area contributed by atoms with Crippen LogP contribution < -0.4 is 21.7 Å². The number of nitrogens with zero attached hydrogens (tertiary/aromatic N) is 5. The van der Waals surface area contributed by atoms with Crippen LogP contribution in [0.1, 0.15) is 5.56 Å². The Bertz CT molecular complexity index is 1890. The quantitative estimate of drug-likeness (QED) is 0.132. The number of aromatic nitrogens is 4. The van der Waals surface area contributed by atoms with Crippen LogP contribution in [0.5, 0.6) is 0 Å². The molecule has 0 aliphatic carbocycles. The minimum atomic E-state index is 0.178. The molecule has 6 rings (SSSR count). The Morgan fingerprint density at radius 1 is 0.568 bits per heavy atom. The summed E-state index contributed by atoms with van der Waals surface area (Å²) in [6, 6.07) is 35.7. The number of hydrogen-bond donors (Lipinski definition) is 4. The minimum absolute atomic E-state index is 0.178. The van der Waals surface area contributed by atoms with Gasteiger partial charge in [0.1, 0.15) is 17.5 Å². The van der Waals surface area contributed by atoms with E-state index in [0.29, 0.717) is 39.1 Å². The van der Waals surface area contributed by atoms with E-state index in [1.165, 1.54) is 0 Å². The number of anilines is 7. The molecule has 0 saturated carbocycles. The number of benzene rings is 4. The van der Waals surface area contributed by atoms with Gasteiger partial charge in [-0.3, -0.25) is 0 Å². The second-order valence-corrected chi connectivity index (χ2v) is 10.4. The van der Waals surface area contributed by atoms with Crippen molar-refractivity contribution in [3.63, 3.8) is 0 Å². The van der Waals surface area contributed by atoms with Crippen molar-refractivity contribution in [2.24, 2.45) is 0 Å². The van der Waals surface area contributed by atoms with Gasteiger partial charge in [-0.25, -0.2) is 4.98 Å². The van der Waals surface area contributed by atoms with Crippen molar-refractivity contribution in [3.8, 4) is 28.5 Å². The smallest absolute Gasteiger partial charge is 0.233 e. The first-order valence-electron chi connectivity index (χ1n) is 13.4. The highest BCUT2D eigenvalue weighted by molar-refractivity contribution is 6.30. The highest BCUT2D eigenvalue weighted by Gasteiger charge is 2.14. The fourth-order valence-electron chi connectivity index (χ4n) is 4.40. The Labute approximate surface area is 263 Å². The first-order chi connectivity index (χ1) is 21.4. The highest BCUT2D eigenvalue weighted by Crippen LogP contribution is 2.32. The molecule has 0 aliphatic rings. The largest absolute Gasteiger partial charge is 0.383 e. The van der Waals surface area contributed by atoms with Gasteiger partial charge in [-0.2, -0.15) is 20.2 Å². The van der Waals surface area contributed by atoms with Crippen LogP contribution in [0.2, 0.25) is 10.0 Å². The Hall–Kier alpha value is -5.69. The molecule has 6 aromatic rings. The van der Waals surface area contributed by atoms with E-state index in [4.69, 9.17) is 28.9 Å². The molecule has 44 heavy (non-hydrogen) atoms. The van der Waals surface area contributed by atoms with Crippen LogP contribution >= 0.6 is 23.2 Å². The maximum atomic E-state index is 9.71. The van der Waals surface area contributed by atoms with Gasteiger partial charge in [0.2, 0.25) is 17.8 Å². The number of nitriles is 1. The summed E-state index contributed by atoms with van der Waals surface area (Å²) in [6.45, 7) is 0. The van der Waals surface area contributed by atoms with E-state index < -0.39 is 0 Å². The Balaban J connectivity index is 1.28. The molecule has 0 unspecified atom stereocenters. The molecule has 4 aromatic carbocycles. The van der Waals surface area contributed by atoms with E-state index in [1.54, 1.807) is 24.3 Å². The van der Waals surface area contributed by atoms with Crippen molar-refractivity contribution in [3.05, 3.63) is 125 Å². The van der Waals surface area contributed by atoms with Crippen LogP contribution in [0.25, 0.3) is 22.4 Å². The van der Waals surface area contributed by atoms with Gasteiger partial charge in [0.25, 0.3) is 0 Å². The molecular formula is C33H23Cl2N9. The molecule has 0 radical (unpaired) electrons. The Morgan fingerprint density at radius 2 is 1.02 bits per heavy atom. The van der Waals surface area contributed by atoms with E-state index in [-0.39, 0.29) is 5.82 Å². The van der Waals surface area contributed by atoms with Crippen LogP contribution in [-0.4, -0.2) is 19.9 Å². The van der Waals surface area contributed by atoms with Gasteiger partial charge in [0.15, 0.2) is 0 Å². The molecule has 0 saturated heterocycles. The molecule has 0 bridgehead atoms. The number of nitrogens with two attached hydrogens (primary N) is 1. The first-order valence-corrected chi connectivity index (χ1v) is 14.1. The van der Waals surface area contributed by atoms with Gasteiger partial charge in [0.05, 0.1) is 5.69 Å². The Morgan fingerprint density at radius 3 is 1.48 bits per heavy atom. The lowest BCUT2D eigenvalue weighted by atomic mass is 9.98. The summed E-state index contributed by atoms with van der Waals surface area (Å²) < 4.78 is 0. The van der Waals surface area contributed by atoms with E-state index in [0.717, 1.165) is 33.8 Å². The number of nitrogen functional groups attached to an aromatic ring is 1. The lowest BCUT2D eigenvalue weighted by Gasteiger charge is -2.13. The van der Waals surface area contributed by atoms with Crippen molar-refractivity contribution in [1.29, 1.82) is 5.26 Å². The van der Waals surface area contributed by atoms with Crippen LogP contribution in [0, 0.1) is 11.3 Å². The standard InChI is InChI=1S/C33H23Cl2N9/c34-22-8-14-25(15-9-22)39-32-42-31(43-33(44-32)40-26-16-10-23(35)11-17-26)38-24-12-6-21(7-13-24)29-18-27(20-4-2-1-3-5-20)28(19-36)30(37)41-29/h1-18H,(H2,37,41)(H3,38,39,40,42,43,44). The van der Waals surface area contributed by atoms with Gasteiger partial charge in [-0.05, 0) is 72.3 Å². The van der Waals surface area contributed by atoms with Gasteiger partial charge in [-0.15, -0.1) is 0 Å². The van der Waals surface area contributed by atoms with Gasteiger partial charge in [-0.1, -0.05) is 65.7 Å². The zero-order valence-electron chi connectivity index (χ0n) is 23.0.